The molecule has 4 nitrogen and oxygen atoms in total. The van der Waals surface area contributed by atoms with Crippen molar-refractivity contribution in [2.75, 3.05) is 13.7 Å². The lowest BCUT2D eigenvalue weighted by Gasteiger charge is -2.18. The molecule has 1 aromatic carbocycles. The fourth-order valence-electron chi connectivity index (χ4n) is 2.18. The Hall–Kier alpha value is -1.59. The SMILES string of the molecule is CCNC(c1ccc(C(=O)OC)o1)c1cccc(C)c1Br. The molecule has 0 aliphatic carbocycles. The van der Waals surface area contributed by atoms with E-state index >= 15 is 0 Å². The maximum absolute atomic E-state index is 11.5. The molecule has 21 heavy (non-hydrogen) atoms. The van der Waals surface area contributed by atoms with Crippen LogP contribution >= 0.6 is 15.9 Å². The van der Waals surface area contributed by atoms with E-state index < -0.39 is 5.97 Å². The van der Waals surface area contributed by atoms with E-state index in [1.807, 2.05) is 32.0 Å². The van der Waals surface area contributed by atoms with E-state index in [1.165, 1.54) is 7.11 Å². The van der Waals surface area contributed by atoms with Gasteiger partial charge in [0.1, 0.15) is 5.76 Å². The maximum atomic E-state index is 11.5. The van der Waals surface area contributed by atoms with E-state index in [1.54, 1.807) is 12.1 Å². The van der Waals surface area contributed by atoms with Gasteiger partial charge in [0, 0.05) is 4.47 Å². The van der Waals surface area contributed by atoms with Crippen molar-refractivity contribution in [1.82, 2.24) is 5.32 Å². The number of benzene rings is 1. The van der Waals surface area contributed by atoms with Crippen LogP contribution in [-0.2, 0) is 4.74 Å². The minimum atomic E-state index is -0.472. The molecule has 1 atom stereocenters. The summed E-state index contributed by atoms with van der Waals surface area (Å²) in [5.41, 5.74) is 2.22. The maximum Gasteiger partial charge on any atom is 0.373 e. The van der Waals surface area contributed by atoms with Crippen LogP contribution in [0.2, 0.25) is 0 Å². The fourth-order valence-corrected chi connectivity index (χ4v) is 2.67. The molecular formula is C16H18BrNO3. The summed E-state index contributed by atoms with van der Waals surface area (Å²) in [5.74, 6) is 0.419. The molecule has 1 heterocycles. The molecule has 1 N–H and O–H groups in total. The van der Waals surface area contributed by atoms with Gasteiger partial charge in [0.2, 0.25) is 5.76 Å². The van der Waals surface area contributed by atoms with Crippen molar-refractivity contribution in [3.63, 3.8) is 0 Å². The second kappa shape index (κ2) is 6.91. The first-order chi connectivity index (χ1) is 10.1. The zero-order valence-corrected chi connectivity index (χ0v) is 13.9. The van der Waals surface area contributed by atoms with Gasteiger partial charge < -0.3 is 14.5 Å². The molecule has 1 aromatic heterocycles. The summed E-state index contributed by atoms with van der Waals surface area (Å²) < 4.78 is 11.4. The predicted octanol–water partition coefficient (Wildman–Crippen LogP) is 3.84. The largest absolute Gasteiger partial charge is 0.463 e. The van der Waals surface area contributed by atoms with Crippen LogP contribution in [-0.4, -0.2) is 19.6 Å². The number of aryl methyl sites for hydroxylation is 1. The van der Waals surface area contributed by atoms with E-state index in [4.69, 9.17) is 4.42 Å². The van der Waals surface area contributed by atoms with Crippen molar-refractivity contribution < 1.29 is 13.9 Å². The average molecular weight is 352 g/mol. The third-order valence-corrected chi connectivity index (χ3v) is 4.32. The summed E-state index contributed by atoms with van der Waals surface area (Å²) in [5, 5.41) is 3.38. The highest BCUT2D eigenvalue weighted by molar-refractivity contribution is 9.10. The second-order valence-electron chi connectivity index (χ2n) is 4.66. The van der Waals surface area contributed by atoms with Crippen molar-refractivity contribution >= 4 is 21.9 Å². The minimum Gasteiger partial charge on any atom is -0.463 e. The Labute approximate surface area is 132 Å². The molecule has 0 saturated heterocycles. The Balaban J connectivity index is 2.41. The molecule has 5 heteroatoms. The van der Waals surface area contributed by atoms with Crippen LogP contribution < -0.4 is 5.32 Å². The molecule has 1 unspecified atom stereocenters. The molecular weight excluding hydrogens is 334 g/mol. The van der Waals surface area contributed by atoms with Gasteiger partial charge in [-0.1, -0.05) is 41.1 Å². The third-order valence-electron chi connectivity index (χ3n) is 3.24. The first-order valence-corrected chi connectivity index (χ1v) is 7.54. The van der Waals surface area contributed by atoms with Crippen LogP contribution in [0.15, 0.2) is 39.2 Å². The lowest BCUT2D eigenvalue weighted by atomic mass is 10.0. The number of esters is 1. The standard InChI is InChI=1S/C16H18BrNO3/c1-4-18-15(11-7-5-6-10(2)14(11)17)12-8-9-13(21-12)16(19)20-3/h5-9,15,18H,4H2,1-3H3. The first-order valence-electron chi connectivity index (χ1n) is 6.75. The van der Waals surface area contributed by atoms with Gasteiger partial charge in [-0.05, 0) is 36.7 Å². The number of hydrogen-bond donors (Lipinski definition) is 1. The number of methoxy groups -OCH3 is 1. The van der Waals surface area contributed by atoms with Crippen molar-refractivity contribution in [2.24, 2.45) is 0 Å². The quantitative estimate of drug-likeness (QED) is 0.831. The van der Waals surface area contributed by atoms with Crippen molar-refractivity contribution in [1.29, 1.82) is 0 Å². The smallest absolute Gasteiger partial charge is 0.373 e. The summed E-state index contributed by atoms with van der Waals surface area (Å²) in [6.07, 6.45) is 0. The summed E-state index contributed by atoms with van der Waals surface area (Å²) in [7, 11) is 1.34. The molecule has 2 aromatic rings. The minimum absolute atomic E-state index is 0.123. The monoisotopic (exact) mass is 351 g/mol. The van der Waals surface area contributed by atoms with Gasteiger partial charge in [0.05, 0.1) is 13.2 Å². The number of ether oxygens (including phenoxy) is 1. The molecule has 0 aliphatic heterocycles. The molecule has 0 amide bonds. The van der Waals surface area contributed by atoms with Crippen LogP contribution in [0.4, 0.5) is 0 Å². The molecule has 2 rings (SSSR count). The molecule has 0 radical (unpaired) electrons. The van der Waals surface area contributed by atoms with Gasteiger partial charge in [0.25, 0.3) is 0 Å². The highest BCUT2D eigenvalue weighted by atomic mass is 79.9. The van der Waals surface area contributed by atoms with Crippen molar-refractivity contribution in [3.8, 4) is 0 Å². The average Bonchev–Trinajstić information content (AvgIpc) is 2.97. The van der Waals surface area contributed by atoms with Crippen LogP contribution in [0, 0.1) is 6.92 Å². The topological polar surface area (TPSA) is 51.5 Å². The Morgan fingerprint density at radius 3 is 2.81 bits per heavy atom. The van der Waals surface area contributed by atoms with Crippen molar-refractivity contribution in [3.05, 3.63) is 57.5 Å². The molecule has 0 saturated carbocycles. The van der Waals surface area contributed by atoms with Crippen LogP contribution in [0.5, 0.6) is 0 Å². The summed E-state index contributed by atoms with van der Waals surface area (Å²) in [6.45, 7) is 4.85. The normalized spacial score (nSPS) is 12.2. The van der Waals surface area contributed by atoms with Crippen LogP contribution in [0.3, 0.4) is 0 Å². The Morgan fingerprint density at radius 2 is 2.14 bits per heavy atom. The van der Waals surface area contributed by atoms with Gasteiger partial charge in [-0.25, -0.2) is 4.79 Å². The van der Waals surface area contributed by atoms with E-state index in [0.29, 0.717) is 5.76 Å². The number of nitrogens with one attached hydrogen (secondary N) is 1. The number of hydrogen-bond acceptors (Lipinski definition) is 4. The van der Waals surface area contributed by atoms with Gasteiger partial charge in [-0.15, -0.1) is 0 Å². The second-order valence-corrected chi connectivity index (χ2v) is 5.46. The highest BCUT2D eigenvalue weighted by Crippen LogP contribution is 2.31. The molecule has 0 fully saturated rings. The van der Waals surface area contributed by atoms with Crippen molar-refractivity contribution in [2.45, 2.75) is 19.9 Å². The molecule has 0 bridgehead atoms. The fraction of sp³-hybridized carbons (Fsp3) is 0.312. The summed E-state index contributed by atoms with van der Waals surface area (Å²) in [6, 6.07) is 9.39. The number of halogens is 1. The lowest BCUT2D eigenvalue weighted by Crippen LogP contribution is -2.22. The predicted molar refractivity (Wildman–Crippen MR) is 84.4 cm³/mol. The number of carbonyl (C=O) groups excluding carboxylic acids is 1. The van der Waals surface area contributed by atoms with Crippen LogP contribution in [0.25, 0.3) is 0 Å². The number of carbonyl (C=O) groups is 1. The zero-order valence-electron chi connectivity index (χ0n) is 12.3. The molecule has 112 valence electrons. The lowest BCUT2D eigenvalue weighted by molar-refractivity contribution is 0.0562. The highest BCUT2D eigenvalue weighted by Gasteiger charge is 2.21. The zero-order chi connectivity index (χ0) is 15.4. The van der Waals surface area contributed by atoms with E-state index in [0.717, 1.165) is 22.1 Å². The van der Waals surface area contributed by atoms with Crippen LogP contribution in [0.1, 0.15) is 40.4 Å². The first kappa shape index (κ1) is 15.8. The Morgan fingerprint density at radius 1 is 1.38 bits per heavy atom. The molecule has 0 spiro atoms. The Bertz CT molecular complexity index is 636. The van der Waals surface area contributed by atoms with E-state index in [2.05, 4.69) is 26.0 Å². The van der Waals surface area contributed by atoms with Gasteiger partial charge >= 0.3 is 5.97 Å². The van der Waals surface area contributed by atoms with E-state index in [-0.39, 0.29) is 11.8 Å². The molecule has 0 aliphatic rings. The number of furan rings is 1. The summed E-state index contributed by atoms with van der Waals surface area (Å²) in [4.78, 5) is 11.5. The third kappa shape index (κ3) is 3.36. The summed E-state index contributed by atoms with van der Waals surface area (Å²) >= 11 is 3.62. The Kier molecular flexibility index (Phi) is 5.20. The van der Waals surface area contributed by atoms with Gasteiger partial charge in [-0.3, -0.25) is 0 Å². The van der Waals surface area contributed by atoms with Gasteiger partial charge in [0.15, 0.2) is 0 Å². The van der Waals surface area contributed by atoms with E-state index in [9.17, 15) is 4.79 Å². The number of rotatable bonds is 5. The van der Waals surface area contributed by atoms with Gasteiger partial charge in [-0.2, -0.15) is 0 Å².